The van der Waals surface area contributed by atoms with Gasteiger partial charge in [-0.1, -0.05) is 24.0 Å². The summed E-state index contributed by atoms with van der Waals surface area (Å²) in [6, 6.07) is 0. The van der Waals surface area contributed by atoms with Gasteiger partial charge in [0.2, 0.25) is 15.2 Å². The zero-order chi connectivity index (χ0) is 15.2. The lowest BCUT2D eigenvalue weighted by Crippen LogP contribution is -2.30. The average molecular weight is 337 g/mol. The van der Waals surface area contributed by atoms with Crippen molar-refractivity contribution in [3.63, 3.8) is 0 Å². The van der Waals surface area contributed by atoms with Crippen LogP contribution in [0.2, 0.25) is 0 Å². The molecule has 0 aliphatic rings. The number of likely N-dealkylation sites (N-methyl/N-ethyl adjacent to an activating group) is 1. The van der Waals surface area contributed by atoms with E-state index in [9.17, 15) is 8.42 Å². The molecule has 0 saturated carbocycles. The normalized spacial score (nSPS) is 13.6. The molecular formula is C9H17N6O2S3. The van der Waals surface area contributed by atoms with Gasteiger partial charge in [0.25, 0.3) is 0 Å². The van der Waals surface area contributed by atoms with Gasteiger partial charge in [-0.25, -0.2) is 17.8 Å². The molecule has 0 aromatic carbocycles. The second-order valence-electron chi connectivity index (χ2n) is 4.33. The lowest BCUT2D eigenvalue weighted by atomic mass is 10.5. The molecule has 1 aromatic heterocycles. The molecule has 20 heavy (non-hydrogen) atoms. The molecule has 0 spiro atoms. The highest BCUT2D eigenvalue weighted by Crippen LogP contribution is 2.19. The van der Waals surface area contributed by atoms with Crippen molar-refractivity contribution in [1.82, 2.24) is 29.8 Å². The van der Waals surface area contributed by atoms with Gasteiger partial charge < -0.3 is 4.90 Å². The minimum atomic E-state index is -3.25. The summed E-state index contributed by atoms with van der Waals surface area (Å²) >= 11 is 6.07. The Balaban J connectivity index is 2.61. The van der Waals surface area contributed by atoms with Crippen LogP contribution in [0.3, 0.4) is 0 Å². The van der Waals surface area contributed by atoms with Gasteiger partial charge in [-0.05, 0) is 24.5 Å². The number of nitrogens with one attached hydrogen (secondary N) is 1. The van der Waals surface area contributed by atoms with Crippen molar-refractivity contribution in [2.24, 2.45) is 0 Å². The molecule has 8 nitrogen and oxygen atoms in total. The average Bonchev–Trinajstić information content (AvgIpc) is 2.78. The number of tetrazole rings is 1. The van der Waals surface area contributed by atoms with Crippen LogP contribution in [0, 0.1) is 0 Å². The van der Waals surface area contributed by atoms with Crippen molar-refractivity contribution in [3.8, 4) is 0 Å². The molecule has 1 aromatic rings. The first kappa shape index (κ1) is 17.4. The molecule has 1 heterocycles. The molecule has 11 heteroatoms. The maximum atomic E-state index is 11.1. The third-order valence-electron chi connectivity index (χ3n) is 2.17. The summed E-state index contributed by atoms with van der Waals surface area (Å²) in [6.07, 6.45) is 1.10. The number of hydrogen-bond acceptors (Lipinski definition) is 8. The third-order valence-corrected chi connectivity index (χ3v) is 4.37. The Kier molecular flexibility index (Phi) is 6.95. The summed E-state index contributed by atoms with van der Waals surface area (Å²) in [6.45, 7) is 1.60. The highest BCUT2D eigenvalue weighted by atomic mass is 32.2. The Bertz CT molecular complexity index is 530. The van der Waals surface area contributed by atoms with Crippen molar-refractivity contribution < 1.29 is 8.42 Å². The molecular weight excluding hydrogens is 320 g/mol. The number of aromatic nitrogens is 4. The van der Waals surface area contributed by atoms with Crippen molar-refractivity contribution in [2.45, 2.75) is 17.0 Å². The quantitative estimate of drug-likeness (QED) is 0.459. The maximum Gasteiger partial charge on any atom is 0.210 e. The van der Waals surface area contributed by atoms with Gasteiger partial charge in [0.1, 0.15) is 0 Å². The SMILES string of the molecule is CN(C)CCn1nnnc1SC([C]=S)CNS(C)(=O)=O. The molecule has 0 fully saturated rings. The van der Waals surface area contributed by atoms with Gasteiger partial charge in [-0.15, -0.1) is 5.10 Å². The molecule has 0 saturated heterocycles. The minimum absolute atomic E-state index is 0.160. The number of sulfonamides is 1. The maximum absolute atomic E-state index is 11.1. The highest BCUT2D eigenvalue weighted by Gasteiger charge is 2.15. The van der Waals surface area contributed by atoms with Crippen molar-refractivity contribution >= 4 is 39.4 Å². The van der Waals surface area contributed by atoms with Gasteiger partial charge in [-0.2, -0.15) is 0 Å². The standard InChI is InChI=1S/C9H17N6O2S3/c1-14(2)4-5-15-9(11-12-13-15)19-8(7-18)6-10-20(3,16)17/h8,10H,4-6H2,1-3H3. The molecule has 1 radical (unpaired) electrons. The van der Waals surface area contributed by atoms with E-state index in [0.717, 1.165) is 12.8 Å². The van der Waals surface area contributed by atoms with E-state index in [1.807, 2.05) is 19.0 Å². The monoisotopic (exact) mass is 337 g/mol. The molecule has 1 N–H and O–H groups in total. The molecule has 0 bridgehead atoms. The van der Waals surface area contributed by atoms with Crippen molar-refractivity contribution in [1.29, 1.82) is 0 Å². The van der Waals surface area contributed by atoms with E-state index < -0.39 is 10.0 Å². The fourth-order valence-corrected chi connectivity index (χ4v) is 2.78. The molecule has 0 aliphatic carbocycles. The second kappa shape index (κ2) is 7.98. The summed E-state index contributed by atoms with van der Waals surface area (Å²) in [5, 5.41) is 14.3. The molecule has 0 amide bonds. The van der Waals surface area contributed by atoms with Crippen LogP contribution in [-0.2, 0) is 16.6 Å². The summed E-state index contributed by atoms with van der Waals surface area (Å²) in [5.41, 5.74) is 0. The van der Waals surface area contributed by atoms with Crippen molar-refractivity contribution in [3.05, 3.63) is 0 Å². The van der Waals surface area contributed by atoms with Crippen LogP contribution in [0.25, 0.3) is 0 Å². The first-order valence-corrected chi connectivity index (χ1v) is 8.89. The van der Waals surface area contributed by atoms with Gasteiger partial charge in [0.15, 0.2) is 0 Å². The molecule has 0 aliphatic heterocycles. The summed E-state index contributed by atoms with van der Waals surface area (Å²) in [4.78, 5) is 2.02. The van der Waals surface area contributed by atoms with E-state index in [4.69, 9.17) is 12.2 Å². The third kappa shape index (κ3) is 6.70. The lowest BCUT2D eigenvalue weighted by Gasteiger charge is -2.12. The van der Waals surface area contributed by atoms with E-state index in [-0.39, 0.29) is 11.8 Å². The molecule has 113 valence electrons. The topological polar surface area (TPSA) is 93.0 Å². The Morgan fingerprint density at radius 2 is 2.25 bits per heavy atom. The predicted octanol–water partition coefficient (Wildman–Crippen LogP) is -0.879. The summed E-state index contributed by atoms with van der Waals surface area (Å²) < 4.78 is 26.2. The van der Waals surface area contributed by atoms with Gasteiger partial charge >= 0.3 is 0 Å². The number of nitrogens with zero attached hydrogens (tertiary/aromatic N) is 5. The van der Waals surface area contributed by atoms with Crippen LogP contribution in [0.1, 0.15) is 0 Å². The van der Waals surface area contributed by atoms with Crippen LogP contribution >= 0.6 is 24.0 Å². The number of thiocarbonyl (C=S) groups is 1. The number of thioether (sulfide) groups is 1. The zero-order valence-corrected chi connectivity index (χ0v) is 13.9. The summed E-state index contributed by atoms with van der Waals surface area (Å²) in [5.74, 6) is 0. The van der Waals surface area contributed by atoms with Crippen molar-refractivity contribution in [2.75, 3.05) is 33.4 Å². The van der Waals surface area contributed by atoms with Crippen LogP contribution in [0.4, 0.5) is 0 Å². The Labute approximate surface area is 128 Å². The zero-order valence-electron chi connectivity index (χ0n) is 11.5. The minimum Gasteiger partial charge on any atom is -0.308 e. The first-order chi connectivity index (χ1) is 9.31. The van der Waals surface area contributed by atoms with E-state index in [0.29, 0.717) is 11.7 Å². The van der Waals surface area contributed by atoms with Gasteiger partial charge in [0.05, 0.1) is 18.1 Å². The fourth-order valence-electron chi connectivity index (χ4n) is 1.18. The van der Waals surface area contributed by atoms with E-state index in [1.54, 1.807) is 4.68 Å². The smallest absolute Gasteiger partial charge is 0.210 e. The fraction of sp³-hybridized carbons (Fsp3) is 0.778. The lowest BCUT2D eigenvalue weighted by molar-refractivity contribution is 0.361. The predicted molar refractivity (Wildman–Crippen MR) is 81.5 cm³/mol. The number of hydrogen-bond donors (Lipinski definition) is 1. The highest BCUT2D eigenvalue weighted by molar-refractivity contribution is 8.01. The second-order valence-corrected chi connectivity index (χ2v) is 7.57. The van der Waals surface area contributed by atoms with Crippen LogP contribution in [0.15, 0.2) is 5.16 Å². The van der Waals surface area contributed by atoms with Crippen LogP contribution < -0.4 is 4.72 Å². The van der Waals surface area contributed by atoms with Crippen LogP contribution in [0.5, 0.6) is 0 Å². The van der Waals surface area contributed by atoms with Gasteiger partial charge in [-0.3, -0.25) is 0 Å². The number of rotatable bonds is 9. The molecule has 1 atom stereocenters. The Morgan fingerprint density at radius 1 is 1.55 bits per heavy atom. The first-order valence-electron chi connectivity index (χ1n) is 5.71. The Hall–Kier alpha value is -0.620. The molecule has 1 unspecified atom stereocenters. The Morgan fingerprint density at radius 3 is 2.80 bits per heavy atom. The molecule has 1 rings (SSSR count). The largest absolute Gasteiger partial charge is 0.308 e. The van der Waals surface area contributed by atoms with Crippen LogP contribution in [-0.4, -0.2) is 77.6 Å². The van der Waals surface area contributed by atoms with E-state index in [2.05, 4.69) is 25.6 Å². The van der Waals surface area contributed by atoms with Gasteiger partial charge in [0, 0.05) is 18.5 Å². The summed E-state index contributed by atoms with van der Waals surface area (Å²) in [7, 11) is 0.664. The van der Waals surface area contributed by atoms with E-state index >= 15 is 0 Å². The van der Waals surface area contributed by atoms with E-state index in [1.165, 1.54) is 11.8 Å².